The molecule has 7 heteroatoms. The second kappa shape index (κ2) is 7.44. The molecule has 0 spiro atoms. The van der Waals surface area contributed by atoms with Crippen molar-refractivity contribution < 1.29 is 9.53 Å². The van der Waals surface area contributed by atoms with E-state index in [0.29, 0.717) is 30.7 Å². The van der Waals surface area contributed by atoms with Gasteiger partial charge in [0.2, 0.25) is 5.91 Å². The van der Waals surface area contributed by atoms with Crippen molar-refractivity contribution in [3.63, 3.8) is 0 Å². The molecule has 3 N–H and O–H groups in total. The number of carbonyl (C=O) groups is 1. The van der Waals surface area contributed by atoms with Crippen molar-refractivity contribution in [3.8, 4) is 0 Å². The van der Waals surface area contributed by atoms with Crippen molar-refractivity contribution in [1.82, 2.24) is 15.3 Å². The molecular weight excluding hydrogens is 234 g/mol. The molecule has 0 aromatic carbocycles. The SMILES string of the molecule is CCOCc1nc(NC)cc(NCC(=O)NC)n1. The first-order valence-corrected chi connectivity index (χ1v) is 5.77. The van der Waals surface area contributed by atoms with Crippen LogP contribution in [0.15, 0.2) is 6.07 Å². The highest BCUT2D eigenvalue weighted by molar-refractivity contribution is 5.80. The van der Waals surface area contributed by atoms with Crippen LogP contribution in [0.1, 0.15) is 12.7 Å². The highest BCUT2D eigenvalue weighted by Gasteiger charge is 2.05. The molecule has 0 aliphatic rings. The Labute approximate surface area is 106 Å². The lowest BCUT2D eigenvalue weighted by Gasteiger charge is -2.09. The number of nitrogens with zero attached hydrogens (tertiary/aromatic N) is 2. The maximum Gasteiger partial charge on any atom is 0.239 e. The predicted octanol–water partition coefficient (Wildman–Crippen LogP) is 0.213. The van der Waals surface area contributed by atoms with Gasteiger partial charge in [-0.2, -0.15) is 0 Å². The summed E-state index contributed by atoms with van der Waals surface area (Å²) in [5.74, 6) is 1.74. The van der Waals surface area contributed by atoms with Gasteiger partial charge in [-0.15, -0.1) is 0 Å². The summed E-state index contributed by atoms with van der Waals surface area (Å²) in [4.78, 5) is 19.6. The third kappa shape index (κ3) is 4.54. The van der Waals surface area contributed by atoms with Crippen molar-refractivity contribution in [2.45, 2.75) is 13.5 Å². The van der Waals surface area contributed by atoms with E-state index >= 15 is 0 Å². The van der Waals surface area contributed by atoms with Gasteiger partial charge in [-0.1, -0.05) is 0 Å². The first kappa shape index (κ1) is 14.2. The Kier molecular flexibility index (Phi) is 5.86. The van der Waals surface area contributed by atoms with Crippen molar-refractivity contribution >= 4 is 17.5 Å². The lowest BCUT2D eigenvalue weighted by Crippen LogP contribution is -2.26. The average Bonchev–Trinajstić information content (AvgIpc) is 2.42. The molecule has 0 bridgehead atoms. The van der Waals surface area contributed by atoms with Crippen LogP contribution in [0.25, 0.3) is 0 Å². The topological polar surface area (TPSA) is 88.2 Å². The zero-order valence-corrected chi connectivity index (χ0v) is 10.9. The van der Waals surface area contributed by atoms with Gasteiger partial charge in [0.1, 0.15) is 18.2 Å². The predicted molar refractivity (Wildman–Crippen MR) is 69.5 cm³/mol. The summed E-state index contributed by atoms with van der Waals surface area (Å²) < 4.78 is 5.26. The fourth-order valence-corrected chi connectivity index (χ4v) is 1.23. The second-order valence-corrected chi connectivity index (χ2v) is 3.47. The number of hydrogen-bond donors (Lipinski definition) is 3. The third-order valence-corrected chi connectivity index (χ3v) is 2.17. The molecule has 18 heavy (non-hydrogen) atoms. The minimum Gasteiger partial charge on any atom is -0.374 e. The quantitative estimate of drug-likeness (QED) is 0.644. The lowest BCUT2D eigenvalue weighted by molar-refractivity contribution is -0.118. The van der Waals surface area contributed by atoms with Crippen LogP contribution in [-0.2, 0) is 16.1 Å². The zero-order chi connectivity index (χ0) is 13.4. The van der Waals surface area contributed by atoms with Crippen LogP contribution in [0.3, 0.4) is 0 Å². The largest absolute Gasteiger partial charge is 0.374 e. The molecule has 1 aromatic heterocycles. The highest BCUT2D eigenvalue weighted by atomic mass is 16.5. The van der Waals surface area contributed by atoms with E-state index in [1.807, 2.05) is 6.92 Å². The Bertz CT molecular complexity index is 397. The summed E-state index contributed by atoms with van der Waals surface area (Å²) >= 11 is 0. The molecule has 1 rings (SSSR count). The Morgan fingerprint density at radius 1 is 1.33 bits per heavy atom. The fourth-order valence-electron chi connectivity index (χ4n) is 1.23. The summed E-state index contributed by atoms with van der Waals surface area (Å²) in [5, 5.41) is 8.39. The monoisotopic (exact) mass is 253 g/mol. The zero-order valence-electron chi connectivity index (χ0n) is 10.9. The van der Waals surface area contributed by atoms with Crippen molar-refractivity contribution in [3.05, 3.63) is 11.9 Å². The lowest BCUT2D eigenvalue weighted by atomic mass is 10.4. The Hall–Kier alpha value is -1.89. The molecule has 0 saturated heterocycles. The van der Waals surface area contributed by atoms with Crippen LogP contribution in [0.4, 0.5) is 11.6 Å². The van der Waals surface area contributed by atoms with Crippen molar-refractivity contribution in [2.24, 2.45) is 0 Å². The smallest absolute Gasteiger partial charge is 0.239 e. The van der Waals surface area contributed by atoms with Gasteiger partial charge < -0.3 is 20.7 Å². The van der Waals surface area contributed by atoms with Gasteiger partial charge >= 0.3 is 0 Å². The second-order valence-electron chi connectivity index (χ2n) is 3.47. The van der Waals surface area contributed by atoms with Crippen molar-refractivity contribution in [2.75, 3.05) is 37.9 Å². The molecule has 7 nitrogen and oxygen atoms in total. The normalized spacial score (nSPS) is 9.94. The molecule has 0 saturated carbocycles. The maximum atomic E-state index is 11.1. The highest BCUT2D eigenvalue weighted by Crippen LogP contribution is 2.11. The fraction of sp³-hybridized carbons (Fsp3) is 0.545. The van der Waals surface area contributed by atoms with Gasteiger partial charge in [0, 0.05) is 26.8 Å². The number of ether oxygens (including phenoxy) is 1. The number of nitrogens with one attached hydrogen (secondary N) is 3. The van der Waals surface area contributed by atoms with E-state index in [2.05, 4.69) is 25.9 Å². The van der Waals surface area contributed by atoms with Crippen LogP contribution in [0, 0.1) is 0 Å². The summed E-state index contributed by atoms with van der Waals surface area (Å²) in [6.07, 6.45) is 0. The molecule has 100 valence electrons. The van der Waals surface area contributed by atoms with Crippen LogP contribution < -0.4 is 16.0 Å². The van der Waals surface area contributed by atoms with Gasteiger partial charge in [-0.05, 0) is 6.92 Å². The number of amides is 1. The Balaban J connectivity index is 2.73. The summed E-state index contributed by atoms with van der Waals surface area (Å²) in [7, 11) is 3.36. The van der Waals surface area contributed by atoms with Gasteiger partial charge in [0.15, 0.2) is 5.82 Å². The number of rotatable bonds is 7. The van der Waals surface area contributed by atoms with E-state index in [9.17, 15) is 4.79 Å². The van der Waals surface area contributed by atoms with Crippen LogP contribution in [0.5, 0.6) is 0 Å². The third-order valence-electron chi connectivity index (χ3n) is 2.17. The molecule has 0 radical (unpaired) electrons. The van der Waals surface area contributed by atoms with E-state index < -0.39 is 0 Å². The van der Waals surface area contributed by atoms with Gasteiger partial charge in [0.25, 0.3) is 0 Å². The van der Waals surface area contributed by atoms with Crippen LogP contribution in [-0.4, -0.2) is 43.1 Å². The molecule has 0 aliphatic heterocycles. The Morgan fingerprint density at radius 2 is 2.06 bits per heavy atom. The minimum atomic E-state index is -0.106. The summed E-state index contributed by atoms with van der Waals surface area (Å²) in [6.45, 7) is 3.03. The van der Waals surface area contributed by atoms with E-state index in [-0.39, 0.29) is 12.5 Å². The van der Waals surface area contributed by atoms with Crippen LogP contribution >= 0.6 is 0 Å². The first-order chi connectivity index (χ1) is 8.69. The number of hydrogen-bond acceptors (Lipinski definition) is 6. The maximum absolute atomic E-state index is 11.1. The average molecular weight is 253 g/mol. The summed E-state index contributed by atoms with van der Waals surface area (Å²) in [5.41, 5.74) is 0. The minimum absolute atomic E-state index is 0.106. The number of anilines is 2. The molecule has 0 atom stereocenters. The van der Waals surface area contributed by atoms with Crippen molar-refractivity contribution in [1.29, 1.82) is 0 Å². The Morgan fingerprint density at radius 3 is 2.67 bits per heavy atom. The number of aromatic nitrogens is 2. The van der Waals surface area contributed by atoms with E-state index in [0.717, 1.165) is 0 Å². The first-order valence-electron chi connectivity index (χ1n) is 5.77. The molecule has 0 unspecified atom stereocenters. The molecule has 1 aromatic rings. The van der Waals surface area contributed by atoms with E-state index in [1.165, 1.54) is 0 Å². The van der Waals surface area contributed by atoms with Gasteiger partial charge in [0.05, 0.1) is 6.54 Å². The van der Waals surface area contributed by atoms with E-state index in [4.69, 9.17) is 4.74 Å². The number of likely N-dealkylation sites (N-methyl/N-ethyl adjacent to an activating group) is 1. The standard InChI is InChI=1S/C11H19N5O2/c1-4-18-7-10-15-8(12-2)5-9(16-10)14-6-11(17)13-3/h5H,4,6-7H2,1-3H3,(H,13,17)(H2,12,14,15,16). The van der Waals surface area contributed by atoms with E-state index in [1.54, 1.807) is 20.2 Å². The molecule has 0 fully saturated rings. The van der Waals surface area contributed by atoms with Gasteiger partial charge in [-0.25, -0.2) is 9.97 Å². The molecule has 1 amide bonds. The van der Waals surface area contributed by atoms with Gasteiger partial charge in [-0.3, -0.25) is 4.79 Å². The molecule has 0 aliphatic carbocycles. The molecule has 1 heterocycles. The summed E-state index contributed by atoms with van der Waals surface area (Å²) in [6, 6.07) is 1.73. The molecular formula is C11H19N5O2. The van der Waals surface area contributed by atoms with Crippen LogP contribution in [0.2, 0.25) is 0 Å². The number of carbonyl (C=O) groups excluding carboxylic acids is 1.